The fourth-order valence-corrected chi connectivity index (χ4v) is 5.04. The summed E-state index contributed by atoms with van der Waals surface area (Å²) in [7, 11) is 1.74. The van der Waals surface area contributed by atoms with E-state index in [0.717, 1.165) is 24.1 Å². The van der Waals surface area contributed by atoms with Crippen LogP contribution < -0.4 is 0 Å². The zero-order chi connectivity index (χ0) is 21.4. The molecule has 2 heterocycles. The van der Waals surface area contributed by atoms with Crippen molar-refractivity contribution in [1.82, 2.24) is 19.9 Å². The van der Waals surface area contributed by atoms with Crippen molar-refractivity contribution in [3.8, 4) is 11.3 Å². The highest BCUT2D eigenvalue weighted by Gasteiger charge is 2.44. The summed E-state index contributed by atoms with van der Waals surface area (Å²) in [6.45, 7) is 1.41. The molecule has 2 aromatic carbocycles. The number of carbonyl (C=O) groups is 1. The van der Waals surface area contributed by atoms with Gasteiger partial charge in [0.05, 0.1) is 18.3 Å². The second-order valence-corrected chi connectivity index (χ2v) is 8.50. The van der Waals surface area contributed by atoms with Crippen LogP contribution in [0.25, 0.3) is 11.3 Å². The summed E-state index contributed by atoms with van der Waals surface area (Å²) in [6, 6.07) is 15.9. The molecule has 0 radical (unpaired) electrons. The van der Waals surface area contributed by atoms with Gasteiger partial charge in [0.2, 0.25) is 0 Å². The molecule has 2 aliphatic rings. The topological polar surface area (TPSA) is 60.2 Å². The van der Waals surface area contributed by atoms with Crippen LogP contribution in [-0.4, -0.2) is 52.1 Å². The number of benzene rings is 2. The van der Waals surface area contributed by atoms with Gasteiger partial charge in [-0.25, -0.2) is 9.07 Å². The van der Waals surface area contributed by atoms with Gasteiger partial charge in [-0.1, -0.05) is 35.5 Å². The van der Waals surface area contributed by atoms with E-state index in [1.165, 1.54) is 12.1 Å². The van der Waals surface area contributed by atoms with Crippen molar-refractivity contribution in [2.75, 3.05) is 20.2 Å². The third kappa shape index (κ3) is 3.85. The molecular formula is C24H25FN4O2. The SMILES string of the molecule is CO[C@@H]1C[C@H]2CN(C(=O)c3ccc(F)cc3)C[C@H]2C[C@H]1n1cc(-c2ccccc2)nn1. The second kappa shape index (κ2) is 8.23. The first-order chi connectivity index (χ1) is 15.1. The minimum absolute atomic E-state index is 0.0208. The predicted octanol–water partition coefficient (Wildman–Crippen LogP) is 3.82. The molecule has 1 aliphatic heterocycles. The number of likely N-dealkylation sites (tertiary alicyclic amines) is 1. The van der Waals surface area contributed by atoms with E-state index >= 15 is 0 Å². The molecule has 1 aliphatic carbocycles. The van der Waals surface area contributed by atoms with E-state index in [4.69, 9.17) is 4.74 Å². The Morgan fingerprint density at radius 1 is 1.03 bits per heavy atom. The first-order valence-electron chi connectivity index (χ1n) is 10.7. The van der Waals surface area contributed by atoms with Crippen molar-refractivity contribution >= 4 is 5.91 Å². The Bertz CT molecular complexity index is 1050. The monoisotopic (exact) mass is 420 g/mol. The average Bonchev–Trinajstić information content (AvgIpc) is 3.46. The third-order valence-electron chi connectivity index (χ3n) is 6.69. The Kier molecular flexibility index (Phi) is 5.28. The van der Waals surface area contributed by atoms with E-state index in [0.29, 0.717) is 30.5 Å². The van der Waals surface area contributed by atoms with Crippen molar-refractivity contribution in [3.05, 3.63) is 72.2 Å². The van der Waals surface area contributed by atoms with Gasteiger partial charge in [0.1, 0.15) is 11.5 Å². The van der Waals surface area contributed by atoms with Crippen molar-refractivity contribution in [1.29, 1.82) is 0 Å². The Labute approximate surface area is 180 Å². The number of rotatable bonds is 4. The number of amides is 1. The van der Waals surface area contributed by atoms with Gasteiger partial charge in [0.15, 0.2) is 0 Å². The zero-order valence-corrected chi connectivity index (χ0v) is 17.4. The zero-order valence-electron chi connectivity index (χ0n) is 17.4. The molecule has 160 valence electrons. The van der Waals surface area contributed by atoms with Crippen LogP contribution in [0.5, 0.6) is 0 Å². The number of ether oxygens (including phenoxy) is 1. The lowest BCUT2D eigenvalue weighted by molar-refractivity contribution is -0.00545. The molecule has 0 N–H and O–H groups in total. The quantitative estimate of drug-likeness (QED) is 0.644. The number of hydrogen-bond donors (Lipinski definition) is 0. The smallest absolute Gasteiger partial charge is 0.253 e. The van der Waals surface area contributed by atoms with Gasteiger partial charge in [-0.15, -0.1) is 5.10 Å². The summed E-state index contributed by atoms with van der Waals surface area (Å²) in [5.41, 5.74) is 2.41. The fraction of sp³-hybridized carbons (Fsp3) is 0.375. The van der Waals surface area contributed by atoms with E-state index in [-0.39, 0.29) is 23.9 Å². The van der Waals surface area contributed by atoms with Gasteiger partial charge < -0.3 is 9.64 Å². The largest absolute Gasteiger partial charge is 0.379 e. The molecule has 1 amide bonds. The molecule has 6 nitrogen and oxygen atoms in total. The molecule has 3 aromatic rings. The summed E-state index contributed by atoms with van der Waals surface area (Å²) in [5.74, 6) is 0.403. The number of fused-ring (bicyclic) bond motifs is 1. The molecule has 0 spiro atoms. The maximum absolute atomic E-state index is 13.2. The number of methoxy groups -OCH3 is 1. The Balaban J connectivity index is 1.32. The molecular weight excluding hydrogens is 395 g/mol. The third-order valence-corrected chi connectivity index (χ3v) is 6.69. The van der Waals surface area contributed by atoms with E-state index in [1.54, 1.807) is 19.2 Å². The van der Waals surface area contributed by atoms with Crippen LogP contribution in [0, 0.1) is 17.7 Å². The Morgan fingerprint density at radius 3 is 2.45 bits per heavy atom. The second-order valence-electron chi connectivity index (χ2n) is 8.50. The molecule has 2 fully saturated rings. The summed E-state index contributed by atoms with van der Waals surface area (Å²) in [6.07, 6.45) is 3.77. The van der Waals surface area contributed by atoms with Crippen LogP contribution in [0.1, 0.15) is 29.2 Å². The van der Waals surface area contributed by atoms with Gasteiger partial charge in [0.25, 0.3) is 5.91 Å². The maximum Gasteiger partial charge on any atom is 0.253 e. The van der Waals surface area contributed by atoms with Crippen molar-refractivity contribution in [2.24, 2.45) is 11.8 Å². The predicted molar refractivity (Wildman–Crippen MR) is 114 cm³/mol. The van der Waals surface area contributed by atoms with Crippen molar-refractivity contribution < 1.29 is 13.9 Å². The molecule has 1 saturated heterocycles. The average molecular weight is 420 g/mol. The summed E-state index contributed by atoms with van der Waals surface area (Å²) in [4.78, 5) is 14.8. The first kappa shape index (κ1) is 19.9. The van der Waals surface area contributed by atoms with Crippen LogP contribution in [0.15, 0.2) is 60.8 Å². The first-order valence-corrected chi connectivity index (χ1v) is 10.7. The van der Waals surface area contributed by atoms with Gasteiger partial charge in [-0.2, -0.15) is 0 Å². The van der Waals surface area contributed by atoms with Gasteiger partial charge in [-0.05, 0) is 48.9 Å². The van der Waals surface area contributed by atoms with E-state index in [9.17, 15) is 9.18 Å². The molecule has 0 unspecified atom stereocenters. The van der Waals surface area contributed by atoms with Gasteiger partial charge >= 0.3 is 0 Å². The van der Waals surface area contributed by atoms with Crippen LogP contribution in [0.4, 0.5) is 4.39 Å². The standard InChI is InChI=1S/C24H25FN4O2/c1-31-23-12-19-14-28(24(30)17-7-9-20(25)10-8-17)13-18(19)11-22(23)29-15-21(26-27-29)16-5-3-2-4-6-16/h2-10,15,18-19,22-23H,11-14H2,1H3/t18-,19+,22-,23-/m1/s1. The molecule has 0 bridgehead atoms. The molecule has 5 rings (SSSR count). The maximum atomic E-state index is 13.2. The minimum atomic E-state index is -0.333. The summed E-state index contributed by atoms with van der Waals surface area (Å²) in [5, 5.41) is 8.78. The van der Waals surface area contributed by atoms with Crippen LogP contribution in [0.3, 0.4) is 0 Å². The molecule has 1 saturated carbocycles. The van der Waals surface area contributed by atoms with E-state index in [2.05, 4.69) is 10.3 Å². The lowest BCUT2D eigenvalue weighted by atomic mass is 9.77. The fourth-order valence-electron chi connectivity index (χ4n) is 5.04. The van der Waals surface area contributed by atoms with Crippen LogP contribution in [-0.2, 0) is 4.74 Å². The number of carbonyl (C=O) groups excluding carboxylic acids is 1. The molecule has 1 aromatic heterocycles. The number of aromatic nitrogens is 3. The highest BCUT2D eigenvalue weighted by atomic mass is 19.1. The Morgan fingerprint density at radius 2 is 1.74 bits per heavy atom. The van der Waals surface area contributed by atoms with Crippen LogP contribution >= 0.6 is 0 Å². The summed E-state index contributed by atoms with van der Waals surface area (Å²) < 4.78 is 21.0. The van der Waals surface area contributed by atoms with Crippen molar-refractivity contribution in [3.63, 3.8) is 0 Å². The molecule has 31 heavy (non-hydrogen) atoms. The van der Waals surface area contributed by atoms with E-state index < -0.39 is 0 Å². The summed E-state index contributed by atoms with van der Waals surface area (Å²) >= 11 is 0. The lowest BCUT2D eigenvalue weighted by Gasteiger charge is -2.36. The molecule has 4 atom stereocenters. The van der Waals surface area contributed by atoms with Gasteiger partial charge in [0, 0.05) is 31.3 Å². The highest BCUT2D eigenvalue weighted by Crippen LogP contribution is 2.42. The minimum Gasteiger partial charge on any atom is -0.379 e. The van der Waals surface area contributed by atoms with Gasteiger partial charge in [-0.3, -0.25) is 4.79 Å². The number of halogens is 1. The van der Waals surface area contributed by atoms with E-state index in [1.807, 2.05) is 46.1 Å². The molecule has 7 heteroatoms. The lowest BCUT2D eigenvalue weighted by Crippen LogP contribution is -2.37. The number of nitrogens with zero attached hydrogens (tertiary/aromatic N) is 4. The normalized spacial score (nSPS) is 25.4. The van der Waals surface area contributed by atoms with Crippen LogP contribution in [0.2, 0.25) is 0 Å². The highest BCUT2D eigenvalue weighted by molar-refractivity contribution is 5.94. The number of hydrogen-bond acceptors (Lipinski definition) is 4. The van der Waals surface area contributed by atoms with Crippen molar-refractivity contribution in [2.45, 2.75) is 25.0 Å². The Hall–Kier alpha value is -3.06.